The molecule has 3 nitrogen and oxygen atoms in total. The largest absolute Gasteiger partial charge is 0.497 e. The van der Waals surface area contributed by atoms with Crippen molar-refractivity contribution in [1.82, 2.24) is 4.90 Å². The second kappa shape index (κ2) is 6.63. The van der Waals surface area contributed by atoms with E-state index in [-0.39, 0.29) is 0 Å². The number of fused-ring (bicyclic) bond motifs is 1. The van der Waals surface area contributed by atoms with E-state index in [0.717, 1.165) is 25.3 Å². The van der Waals surface area contributed by atoms with Crippen molar-refractivity contribution < 1.29 is 4.74 Å². The maximum absolute atomic E-state index is 5.67. The average molecular weight is 286 g/mol. The zero-order valence-electron chi connectivity index (χ0n) is 13.0. The van der Waals surface area contributed by atoms with Gasteiger partial charge in [-0.05, 0) is 73.5 Å². The van der Waals surface area contributed by atoms with Crippen molar-refractivity contribution in [3.05, 3.63) is 35.4 Å². The minimum absolute atomic E-state index is 0.699. The zero-order valence-corrected chi connectivity index (χ0v) is 13.0. The minimum atomic E-state index is 0.699. The molecule has 2 aliphatic rings. The first-order valence-corrected chi connectivity index (χ1v) is 8.11. The van der Waals surface area contributed by atoms with Gasteiger partial charge in [0.1, 0.15) is 5.75 Å². The van der Waals surface area contributed by atoms with Crippen molar-refractivity contribution in [2.75, 3.05) is 33.3 Å². The number of rotatable bonds is 4. The van der Waals surface area contributed by atoms with Crippen LogP contribution >= 0.6 is 0 Å². The number of likely N-dealkylation sites (tertiary alicyclic amines) is 1. The summed E-state index contributed by atoms with van der Waals surface area (Å²) in [5.41, 5.74) is 10.1. The fourth-order valence-corrected chi connectivity index (χ4v) is 3.70. The molecule has 0 radical (unpaired) electrons. The van der Waals surface area contributed by atoms with E-state index in [4.69, 9.17) is 10.5 Å². The molecule has 0 saturated carbocycles. The summed E-state index contributed by atoms with van der Waals surface area (Å²) in [6.45, 7) is 4.17. The van der Waals surface area contributed by atoms with E-state index in [1.165, 1.54) is 43.5 Å². The SMILES string of the molecule is COc1ccc2c(c1)C(C1CCN(CCN)CC1)=CCC2. The summed E-state index contributed by atoms with van der Waals surface area (Å²) in [4.78, 5) is 2.49. The first kappa shape index (κ1) is 14.6. The van der Waals surface area contributed by atoms with Crippen LogP contribution in [-0.4, -0.2) is 38.2 Å². The third kappa shape index (κ3) is 3.14. The highest BCUT2D eigenvalue weighted by molar-refractivity contribution is 5.73. The predicted molar refractivity (Wildman–Crippen MR) is 87.5 cm³/mol. The quantitative estimate of drug-likeness (QED) is 0.925. The van der Waals surface area contributed by atoms with E-state index in [2.05, 4.69) is 29.2 Å². The zero-order chi connectivity index (χ0) is 14.7. The number of hydrogen-bond donors (Lipinski definition) is 1. The van der Waals surface area contributed by atoms with Gasteiger partial charge in [0.15, 0.2) is 0 Å². The van der Waals surface area contributed by atoms with Gasteiger partial charge >= 0.3 is 0 Å². The minimum Gasteiger partial charge on any atom is -0.497 e. The molecule has 1 aliphatic heterocycles. The van der Waals surface area contributed by atoms with E-state index in [9.17, 15) is 0 Å². The fraction of sp³-hybridized carbons (Fsp3) is 0.556. The molecule has 1 aromatic carbocycles. The molecule has 1 heterocycles. The van der Waals surface area contributed by atoms with Gasteiger partial charge < -0.3 is 15.4 Å². The first-order valence-electron chi connectivity index (χ1n) is 8.11. The smallest absolute Gasteiger partial charge is 0.119 e. The van der Waals surface area contributed by atoms with Crippen LogP contribution in [0.25, 0.3) is 5.57 Å². The number of allylic oxidation sites excluding steroid dienone is 2. The van der Waals surface area contributed by atoms with E-state index >= 15 is 0 Å². The molecule has 0 spiro atoms. The Balaban J connectivity index is 1.77. The highest BCUT2D eigenvalue weighted by Crippen LogP contribution is 2.38. The van der Waals surface area contributed by atoms with Crippen LogP contribution in [0.3, 0.4) is 0 Å². The van der Waals surface area contributed by atoms with Gasteiger partial charge in [0.05, 0.1) is 7.11 Å². The van der Waals surface area contributed by atoms with Gasteiger partial charge in [0, 0.05) is 13.1 Å². The molecule has 1 aliphatic carbocycles. The van der Waals surface area contributed by atoms with Crippen molar-refractivity contribution in [1.29, 1.82) is 0 Å². The molecular formula is C18H26N2O. The third-order valence-electron chi connectivity index (χ3n) is 4.88. The Bertz CT molecular complexity index is 516. The number of methoxy groups -OCH3 is 1. The van der Waals surface area contributed by atoms with Crippen LogP contribution in [0.15, 0.2) is 24.3 Å². The van der Waals surface area contributed by atoms with Crippen molar-refractivity contribution in [3.63, 3.8) is 0 Å². The van der Waals surface area contributed by atoms with Gasteiger partial charge in [-0.2, -0.15) is 0 Å². The molecule has 0 bridgehead atoms. The summed E-state index contributed by atoms with van der Waals surface area (Å²) < 4.78 is 5.42. The number of ether oxygens (including phenoxy) is 1. The summed E-state index contributed by atoms with van der Waals surface area (Å²) in [5, 5.41) is 0. The van der Waals surface area contributed by atoms with Gasteiger partial charge in [-0.1, -0.05) is 12.1 Å². The lowest BCUT2D eigenvalue weighted by Gasteiger charge is -2.34. The van der Waals surface area contributed by atoms with Crippen LogP contribution in [0, 0.1) is 5.92 Å². The molecule has 21 heavy (non-hydrogen) atoms. The van der Waals surface area contributed by atoms with Crippen molar-refractivity contribution in [2.24, 2.45) is 11.7 Å². The monoisotopic (exact) mass is 286 g/mol. The number of piperidine rings is 1. The summed E-state index contributed by atoms with van der Waals surface area (Å²) in [5.74, 6) is 1.67. The van der Waals surface area contributed by atoms with Crippen LogP contribution in [0.4, 0.5) is 0 Å². The number of nitrogens with zero attached hydrogens (tertiary/aromatic N) is 1. The van der Waals surface area contributed by atoms with Gasteiger partial charge in [-0.15, -0.1) is 0 Å². The molecule has 0 unspecified atom stereocenters. The maximum Gasteiger partial charge on any atom is 0.119 e. The Hall–Kier alpha value is -1.32. The average Bonchev–Trinajstić information content (AvgIpc) is 2.55. The maximum atomic E-state index is 5.67. The van der Waals surface area contributed by atoms with Crippen molar-refractivity contribution in [3.8, 4) is 5.75 Å². The topological polar surface area (TPSA) is 38.5 Å². The van der Waals surface area contributed by atoms with Gasteiger partial charge in [0.25, 0.3) is 0 Å². The molecule has 1 saturated heterocycles. The van der Waals surface area contributed by atoms with Crippen LogP contribution in [0.5, 0.6) is 5.75 Å². The third-order valence-corrected chi connectivity index (χ3v) is 4.88. The predicted octanol–water partition coefficient (Wildman–Crippen LogP) is 2.70. The van der Waals surface area contributed by atoms with Crippen molar-refractivity contribution in [2.45, 2.75) is 25.7 Å². The molecule has 3 heteroatoms. The highest BCUT2D eigenvalue weighted by Gasteiger charge is 2.25. The number of benzene rings is 1. The Morgan fingerprint density at radius 1 is 1.29 bits per heavy atom. The fourth-order valence-electron chi connectivity index (χ4n) is 3.70. The molecule has 114 valence electrons. The molecule has 0 aromatic heterocycles. The molecule has 1 aromatic rings. The van der Waals surface area contributed by atoms with Gasteiger partial charge in [0.2, 0.25) is 0 Å². The molecule has 0 atom stereocenters. The molecular weight excluding hydrogens is 260 g/mol. The number of hydrogen-bond acceptors (Lipinski definition) is 3. The van der Waals surface area contributed by atoms with E-state index in [0.29, 0.717) is 5.92 Å². The van der Waals surface area contributed by atoms with E-state index < -0.39 is 0 Å². The van der Waals surface area contributed by atoms with Crippen LogP contribution in [0.2, 0.25) is 0 Å². The molecule has 1 fully saturated rings. The lowest BCUT2D eigenvalue weighted by Crippen LogP contribution is -2.37. The Morgan fingerprint density at radius 3 is 2.81 bits per heavy atom. The lowest BCUT2D eigenvalue weighted by molar-refractivity contribution is 0.211. The van der Waals surface area contributed by atoms with E-state index in [1.54, 1.807) is 12.7 Å². The summed E-state index contributed by atoms with van der Waals surface area (Å²) in [6, 6.07) is 6.56. The summed E-state index contributed by atoms with van der Waals surface area (Å²) in [7, 11) is 1.75. The van der Waals surface area contributed by atoms with E-state index in [1.807, 2.05) is 0 Å². The Labute approximate surface area is 127 Å². The highest BCUT2D eigenvalue weighted by atomic mass is 16.5. The lowest BCUT2D eigenvalue weighted by atomic mass is 9.79. The molecule has 0 amide bonds. The van der Waals surface area contributed by atoms with Crippen molar-refractivity contribution >= 4 is 5.57 Å². The standard InChI is InChI=1S/C18H26N2O/c1-21-16-6-5-14-3-2-4-17(18(14)13-16)15-7-10-20(11-8-15)12-9-19/h4-6,13,15H,2-3,7-12,19H2,1H3. The molecule has 2 N–H and O–H groups in total. The number of nitrogens with two attached hydrogens (primary N) is 1. The summed E-state index contributed by atoms with van der Waals surface area (Å²) >= 11 is 0. The summed E-state index contributed by atoms with van der Waals surface area (Å²) in [6.07, 6.45) is 7.31. The van der Waals surface area contributed by atoms with Gasteiger partial charge in [-0.25, -0.2) is 0 Å². The second-order valence-corrected chi connectivity index (χ2v) is 6.13. The Morgan fingerprint density at radius 2 is 2.10 bits per heavy atom. The second-order valence-electron chi connectivity index (χ2n) is 6.13. The number of aryl methyl sites for hydroxylation is 1. The normalized spacial score (nSPS) is 20.0. The molecule has 3 rings (SSSR count). The first-order chi connectivity index (χ1) is 10.3. The van der Waals surface area contributed by atoms with Crippen LogP contribution in [0.1, 0.15) is 30.4 Å². The van der Waals surface area contributed by atoms with Crippen LogP contribution in [-0.2, 0) is 6.42 Å². The Kier molecular flexibility index (Phi) is 4.61. The van der Waals surface area contributed by atoms with Crippen LogP contribution < -0.4 is 10.5 Å². The van der Waals surface area contributed by atoms with Gasteiger partial charge in [-0.3, -0.25) is 0 Å².